The number of hydrogen-bond acceptors (Lipinski definition) is 3. The first-order valence-electron chi connectivity index (χ1n) is 7.53. The van der Waals surface area contributed by atoms with Gasteiger partial charge in [0.1, 0.15) is 0 Å². The molecule has 22 heavy (non-hydrogen) atoms. The van der Waals surface area contributed by atoms with Crippen molar-refractivity contribution >= 4 is 33.3 Å². The summed E-state index contributed by atoms with van der Waals surface area (Å²) in [4.78, 5) is 25.6. The van der Waals surface area contributed by atoms with Crippen LogP contribution in [0.1, 0.15) is 25.3 Å². The van der Waals surface area contributed by atoms with Crippen molar-refractivity contribution in [3.05, 3.63) is 35.2 Å². The third-order valence-corrected chi connectivity index (χ3v) is 5.47. The van der Waals surface area contributed by atoms with Crippen LogP contribution in [-0.2, 0) is 16.0 Å². The van der Waals surface area contributed by atoms with Gasteiger partial charge in [0.25, 0.3) is 0 Å². The van der Waals surface area contributed by atoms with Gasteiger partial charge in [-0.1, -0.05) is 18.2 Å². The molecule has 0 bridgehead atoms. The van der Waals surface area contributed by atoms with Crippen molar-refractivity contribution in [3.8, 4) is 0 Å². The van der Waals surface area contributed by atoms with Crippen molar-refractivity contribution in [1.29, 1.82) is 0 Å². The maximum absolute atomic E-state index is 12.6. The molecule has 4 nitrogen and oxygen atoms in total. The van der Waals surface area contributed by atoms with Crippen molar-refractivity contribution in [1.82, 2.24) is 4.90 Å². The topological polar surface area (TPSA) is 57.6 Å². The molecule has 2 atom stereocenters. The maximum atomic E-state index is 12.6. The molecule has 3 rings (SSSR count). The molecule has 5 heteroatoms. The average molecular weight is 317 g/mol. The molecule has 1 amide bonds. The van der Waals surface area contributed by atoms with Gasteiger partial charge in [0, 0.05) is 17.3 Å². The molecule has 0 spiro atoms. The minimum absolute atomic E-state index is 0.0296. The second kappa shape index (κ2) is 6.08. The van der Waals surface area contributed by atoms with E-state index in [4.69, 9.17) is 0 Å². The number of thiophene rings is 1. The number of nitrogens with zero attached hydrogens (tertiary/aromatic N) is 1. The van der Waals surface area contributed by atoms with Gasteiger partial charge < -0.3 is 10.0 Å². The van der Waals surface area contributed by atoms with E-state index in [9.17, 15) is 14.7 Å². The quantitative estimate of drug-likeness (QED) is 0.946. The van der Waals surface area contributed by atoms with Crippen LogP contribution in [0.25, 0.3) is 10.1 Å². The van der Waals surface area contributed by atoms with Gasteiger partial charge in [-0.25, -0.2) is 0 Å². The molecule has 116 valence electrons. The number of fused-ring (bicyclic) bond motifs is 1. The van der Waals surface area contributed by atoms with E-state index in [1.165, 1.54) is 4.70 Å². The summed E-state index contributed by atoms with van der Waals surface area (Å²) in [6.45, 7) is 2.33. The van der Waals surface area contributed by atoms with Gasteiger partial charge in [-0.15, -0.1) is 11.3 Å². The number of piperidine rings is 1. The van der Waals surface area contributed by atoms with Crippen LogP contribution in [0, 0.1) is 5.92 Å². The molecule has 1 aromatic heterocycles. The normalized spacial score (nSPS) is 22.0. The van der Waals surface area contributed by atoms with Gasteiger partial charge in [-0.3, -0.25) is 9.59 Å². The summed E-state index contributed by atoms with van der Waals surface area (Å²) in [5.74, 6) is -1.20. The Bertz CT molecular complexity index is 709. The first kappa shape index (κ1) is 15.0. The van der Waals surface area contributed by atoms with Crippen molar-refractivity contribution in [2.24, 2.45) is 5.92 Å². The van der Waals surface area contributed by atoms with Crippen LogP contribution in [0.2, 0.25) is 0 Å². The van der Waals surface area contributed by atoms with Crippen LogP contribution in [0.4, 0.5) is 0 Å². The Morgan fingerprint density at radius 1 is 1.32 bits per heavy atom. The van der Waals surface area contributed by atoms with Crippen LogP contribution in [0.3, 0.4) is 0 Å². The van der Waals surface area contributed by atoms with Crippen LogP contribution in [-0.4, -0.2) is 34.5 Å². The SMILES string of the molecule is CC1CCC(C(=O)O)CN1C(=O)Cc1csc2ccccc12. The number of likely N-dealkylation sites (tertiary alicyclic amines) is 1. The van der Waals surface area contributed by atoms with E-state index in [1.54, 1.807) is 16.2 Å². The molecule has 0 radical (unpaired) electrons. The molecule has 2 heterocycles. The number of rotatable bonds is 3. The molecule has 1 aromatic carbocycles. The van der Waals surface area contributed by atoms with Gasteiger partial charge in [-0.2, -0.15) is 0 Å². The lowest BCUT2D eigenvalue weighted by atomic mass is 9.93. The summed E-state index contributed by atoms with van der Waals surface area (Å²) in [7, 11) is 0. The van der Waals surface area contributed by atoms with E-state index >= 15 is 0 Å². The zero-order chi connectivity index (χ0) is 15.7. The first-order valence-corrected chi connectivity index (χ1v) is 8.41. The molecule has 2 aromatic rings. The Morgan fingerprint density at radius 2 is 2.09 bits per heavy atom. The zero-order valence-electron chi connectivity index (χ0n) is 12.5. The number of carbonyl (C=O) groups is 2. The summed E-state index contributed by atoms with van der Waals surface area (Å²) < 4.78 is 1.18. The summed E-state index contributed by atoms with van der Waals surface area (Å²) in [5.41, 5.74) is 1.04. The number of carboxylic acids is 1. The molecule has 1 N–H and O–H groups in total. The Hall–Kier alpha value is -1.88. The standard InChI is InChI=1S/C17H19NO3S/c1-11-6-7-12(17(20)21)9-18(11)16(19)8-13-10-22-15-5-3-2-4-14(13)15/h2-5,10-12H,6-9H2,1H3,(H,20,21). The molecule has 1 fully saturated rings. The highest BCUT2D eigenvalue weighted by Gasteiger charge is 2.32. The summed E-state index contributed by atoms with van der Waals surface area (Å²) in [6, 6.07) is 8.18. The van der Waals surface area contributed by atoms with Crippen LogP contribution in [0.15, 0.2) is 29.6 Å². The Morgan fingerprint density at radius 3 is 2.86 bits per heavy atom. The van der Waals surface area contributed by atoms with Crippen molar-refractivity contribution in [2.45, 2.75) is 32.2 Å². The van der Waals surface area contributed by atoms with E-state index in [-0.39, 0.29) is 11.9 Å². The molecular weight excluding hydrogens is 298 g/mol. The summed E-state index contributed by atoms with van der Waals surface area (Å²) >= 11 is 1.64. The lowest BCUT2D eigenvalue weighted by molar-refractivity contribution is -0.146. The van der Waals surface area contributed by atoms with E-state index in [2.05, 4.69) is 6.07 Å². The number of aliphatic carboxylic acids is 1. The number of amides is 1. The van der Waals surface area contributed by atoms with Crippen LogP contribution in [0.5, 0.6) is 0 Å². The minimum Gasteiger partial charge on any atom is -0.481 e. The predicted molar refractivity (Wildman–Crippen MR) is 87.1 cm³/mol. The predicted octanol–water partition coefficient (Wildman–Crippen LogP) is 3.16. The fourth-order valence-corrected chi connectivity index (χ4v) is 4.05. The molecular formula is C17H19NO3S. The number of hydrogen-bond donors (Lipinski definition) is 1. The third-order valence-electron chi connectivity index (χ3n) is 4.45. The smallest absolute Gasteiger partial charge is 0.308 e. The highest BCUT2D eigenvalue weighted by molar-refractivity contribution is 7.17. The van der Waals surface area contributed by atoms with E-state index < -0.39 is 11.9 Å². The zero-order valence-corrected chi connectivity index (χ0v) is 13.3. The largest absolute Gasteiger partial charge is 0.481 e. The maximum Gasteiger partial charge on any atom is 0.308 e. The fourth-order valence-electron chi connectivity index (χ4n) is 3.09. The van der Waals surface area contributed by atoms with E-state index in [0.717, 1.165) is 17.4 Å². The minimum atomic E-state index is -0.800. The Labute approximate surface area is 133 Å². The molecule has 2 unspecified atom stereocenters. The van der Waals surface area contributed by atoms with Crippen molar-refractivity contribution in [2.75, 3.05) is 6.54 Å². The second-order valence-electron chi connectivity index (χ2n) is 5.94. The van der Waals surface area contributed by atoms with E-state index in [0.29, 0.717) is 19.4 Å². The Balaban J connectivity index is 1.77. The first-order chi connectivity index (χ1) is 10.6. The van der Waals surface area contributed by atoms with Crippen molar-refractivity contribution < 1.29 is 14.7 Å². The monoisotopic (exact) mass is 317 g/mol. The summed E-state index contributed by atoms with van der Waals surface area (Å²) in [5, 5.41) is 12.3. The average Bonchev–Trinajstić information content (AvgIpc) is 2.90. The van der Waals surface area contributed by atoms with Gasteiger partial charge in [0.05, 0.1) is 12.3 Å². The number of carbonyl (C=O) groups excluding carboxylic acids is 1. The van der Waals surface area contributed by atoms with Gasteiger partial charge in [0.15, 0.2) is 0 Å². The number of benzene rings is 1. The van der Waals surface area contributed by atoms with Gasteiger partial charge >= 0.3 is 5.97 Å². The summed E-state index contributed by atoms with van der Waals surface area (Å²) in [6.07, 6.45) is 1.76. The van der Waals surface area contributed by atoms with Crippen LogP contribution < -0.4 is 0 Å². The highest BCUT2D eigenvalue weighted by Crippen LogP contribution is 2.28. The molecule has 0 saturated carbocycles. The van der Waals surface area contributed by atoms with E-state index in [1.807, 2.05) is 30.5 Å². The highest BCUT2D eigenvalue weighted by atomic mass is 32.1. The Kier molecular flexibility index (Phi) is 4.16. The fraction of sp³-hybridized carbons (Fsp3) is 0.412. The third kappa shape index (κ3) is 2.86. The van der Waals surface area contributed by atoms with Gasteiger partial charge in [0.2, 0.25) is 5.91 Å². The molecule has 1 aliphatic rings. The van der Waals surface area contributed by atoms with Gasteiger partial charge in [-0.05, 0) is 42.2 Å². The number of carboxylic acid groups (broad SMARTS) is 1. The second-order valence-corrected chi connectivity index (χ2v) is 6.85. The lowest BCUT2D eigenvalue weighted by Gasteiger charge is -2.36. The molecule has 1 saturated heterocycles. The lowest BCUT2D eigenvalue weighted by Crippen LogP contribution is -2.47. The van der Waals surface area contributed by atoms with Crippen LogP contribution >= 0.6 is 11.3 Å². The molecule has 1 aliphatic heterocycles. The van der Waals surface area contributed by atoms with Crippen molar-refractivity contribution in [3.63, 3.8) is 0 Å². The molecule has 0 aliphatic carbocycles.